The predicted molar refractivity (Wildman–Crippen MR) is 226 cm³/mol. The molecule has 0 aliphatic carbocycles. The van der Waals surface area contributed by atoms with Gasteiger partial charge in [-0.15, -0.1) is 39.5 Å². The zero-order valence-electron chi connectivity index (χ0n) is 34.6. The van der Waals surface area contributed by atoms with E-state index in [-0.39, 0.29) is 37.6 Å². The first-order valence-corrected chi connectivity index (χ1v) is 26.7. The molecule has 2 fully saturated rings. The number of benzene rings is 4. The molecule has 0 radical (unpaired) electrons. The number of carbonyl (C=O) groups is 1. The smallest absolute Gasteiger partial charge is 0.443 e. The number of nitrogens with zero attached hydrogens (tertiary/aromatic N) is 5. The van der Waals surface area contributed by atoms with E-state index < -0.39 is 86.1 Å². The van der Waals surface area contributed by atoms with Crippen molar-refractivity contribution >= 4 is 59.2 Å². The standard InChI is InChI=1S/C24H24F3N5O6S.C14H8F6O6S4/c1-16-28-22(29-38-16)17-2-4-18(5-3-17)32-15-20(36-23(32)33)14-30-10-12-31(13-11-30)39(34,35)21-8-6-19(7-9-21)37-24(25,26)27;15-13(16,17)25-9-1-5-11(6-2-9)29(21,22)27-28-30(23,24)12-7-3-10(4-8-12)26-14(18,19)20/h2-9,20H,10-15H2,1H3;1-8H. The quantitative estimate of drug-likeness (QED) is 0.0759. The molecular weight excluding hydrogens is 1050 g/mol. The first-order valence-electron chi connectivity index (χ1n) is 19.1. The molecule has 5 aromatic rings. The van der Waals surface area contributed by atoms with Crippen LogP contribution in [-0.2, 0) is 32.5 Å². The van der Waals surface area contributed by atoms with Gasteiger partial charge in [0.15, 0.2) is 0 Å². The Hall–Kier alpha value is -5.47. The number of carbonyl (C=O) groups excluding carboxylic acids is 1. The third-order valence-corrected chi connectivity index (χ3v) is 20.9. The van der Waals surface area contributed by atoms with Crippen molar-refractivity contribution < 1.29 is 93.0 Å². The van der Waals surface area contributed by atoms with Gasteiger partial charge in [0.25, 0.3) is 0 Å². The van der Waals surface area contributed by atoms with Gasteiger partial charge in [0.05, 0.1) is 40.9 Å². The number of cyclic esters (lactones) is 1. The Morgan fingerprint density at radius 3 is 1.43 bits per heavy atom. The number of hydrogen-bond donors (Lipinski definition) is 0. The van der Waals surface area contributed by atoms with Crippen molar-refractivity contribution in [3.05, 3.63) is 103 Å². The van der Waals surface area contributed by atoms with E-state index in [0.29, 0.717) is 43.6 Å². The number of amides is 1. The van der Waals surface area contributed by atoms with Crippen molar-refractivity contribution in [3.63, 3.8) is 0 Å². The van der Waals surface area contributed by atoms with Crippen molar-refractivity contribution in [3.8, 4) is 28.6 Å². The normalized spacial score (nSPS) is 16.6. The molecule has 17 nitrogen and oxygen atoms in total. The Morgan fingerprint density at radius 1 is 0.623 bits per heavy atom. The second-order valence-corrected chi connectivity index (χ2v) is 25.0. The number of anilines is 1. The Bertz CT molecular complexity index is 2810. The third kappa shape index (κ3) is 15.0. The Balaban J connectivity index is 0.000000236. The van der Waals surface area contributed by atoms with E-state index in [1.165, 1.54) is 9.21 Å². The van der Waals surface area contributed by atoms with Gasteiger partial charge in [-0.2, -0.15) is 9.29 Å². The molecule has 1 atom stereocenters. The molecule has 0 bridgehead atoms. The fourth-order valence-corrected chi connectivity index (χ4v) is 17.1. The number of sulfonamides is 1. The molecule has 4 aromatic carbocycles. The average Bonchev–Trinajstić information content (AvgIpc) is 3.86. The van der Waals surface area contributed by atoms with E-state index in [2.05, 4.69) is 24.4 Å². The maximum atomic E-state index is 12.9. The summed E-state index contributed by atoms with van der Waals surface area (Å²) in [6.07, 6.45) is -15.7. The molecule has 2 aliphatic rings. The number of halogens is 9. The van der Waals surface area contributed by atoms with Crippen molar-refractivity contribution in [1.82, 2.24) is 19.3 Å². The lowest BCUT2D eigenvalue weighted by Crippen LogP contribution is -2.50. The van der Waals surface area contributed by atoms with E-state index in [1.54, 1.807) is 31.2 Å². The van der Waals surface area contributed by atoms with Crippen LogP contribution in [-0.4, -0.2) is 115 Å². The fourth-order valence-electron chi connectivity index (χ4n) is 6.20. The summed E-state index contributed by atoms with van der Waals surface area (Å²) in [5, 5.41) is 3.88. The van der Waals surface area contributed by atoms with E-state index in [4.69, 9.17) is 9.26 Å². The van der Waals surface area contributed by atoms with E-state index in [0.717, 1.165) is 78.4 Å². The van der Waals surface area contributed by atoms with Crippen LogP contribution >= 0.6 is 19.7 Å². The van der Waals surface area contributed by atoms with E-state index in [9.17, 15) is 69.6 Å². The molecule has 69 heavy (non-hydrogen) atoms. The molecule has 374 valence electrons. The van der Waals surface area contributed by atoms with Crippen molar-refractivity contribution in [1.29, 1.82) is 0 Å². The van der Waals surface area contributed by atoms with Gasteiger partial charge in [-0.05, 0) is 97.1 Å². The van der Waals surface area contributed by atoms with Crippen molar-refractivity contribution in [2.45, 2.75) is 46.8 Å². The molecule has 0 N–H and O–H groups in total. The van der Waals surface area contributed by atoms with Gasteiger partial charge in [0.1, 0.15) is 23.4 Å². The topological polar surface area (TPSA) is 205 Å². The zero-order chi connectivity index (χ0) is 50.6. The molecule has 1 unspecified atom stereocenters. The molecule has 2 aliphatic heterocycles. The maximum Gasteiger partial charge on any atom is 0.573 e. The lowest BCUT2D eigenvalue weighted by Gasteiger charge is -2.34. The van der Waals surface area contributed by atoms with Crippen LogP contribution < -0.4 is 19.1 Å². The Labute approximate surface area is 392 Å². The minimum atomic E-state index is -4.97. The zero-order valence-corrected chi connectivity index (χ0v) is 38.7. The predicted octanol–water partition coefficient (Wildman–Crippen LogP) is 8.22. The van der Waals surface area contributed by atoms with Gasteiger partial charge < -0.3 is 23.5 Å². The summed E-state index contributed by atoms with van der Waals surface area (Å²) in [4.78, 5) is 19.1. The molecule has 31 heteroatoms. The lowest BCUT2D eigenvalue weighted by atomic mass is 10.2. The van der Waals surface area contributed by atoms with Crippen LogP contribution in [0.4, 0.5) is 50.0 Å². The second-order valence-electron chi connectivity index (χ2n) is 14.1. The SMILES string of the molecule is Cc1nc(-c2ccc(N3CC(CN4CCN(S(=O)(=O)c5ccc(OC(F)(F)F)cc5)CC4)OC3=O)cc2)no1.O=S(=O)(SSS(=O)(=O)c1ccc(OC(F)(F)F)cc1)c1ccc(OC(F)(F)F)cc1. The second kappa shape index (κ2) is 20.9. The van der Waals surface area contributed by atoms with E-state index >= 15 is 0 Å². The molecule has 3 heterocycles. The van der Waals surface area contributed by atoms with Gasteiger partial charge in [-0.25, -0.2) is 30.0 Å². The van der Waals surface area contributed by atoms with Crippen LogP contribution in [0.3, 0.4) is 0 Å². The first kappa shape index (κ1) is 52.9. The van der Waals surface area contributed by atoms with E-state index in [1.807, 2.05) is 4.90 Å². The monoisotopic (exact) mass is 1080 g/mol. The van der Waals surface area contributed by atoms with Crippen LogP contribution in [0.2, 0.25) is 0 Å². The highest BCUT2D eigenvalue weighted by molar-refractivity contribution is 9.23. The number of piperazine rings is 1. The fraction of sp³-hybridized carbons (Fsp3) is 0.289. The van der Waals surface area contributed by atoms with Crippen LogP contribution in [0.15, 0.2) is 116 Å². The molecule has 7 rings (SSSR count). The average molecular weight is 1080 g/mol. The van der Waals surface area contributed by atoms with Crippen molar-refractivity contribution in [2.75, 3.05) is 44.2 Å². The Kier molecular flexibility index (Phi) is 16.0. The highest BCUT2D eigenvalue weighted by Gasteiger charge is 2.37. The highest BCUT2D eigenvalue weighted by atomic mass is 33.7. The van der Waals surface area contributed by atoms with Crippen LogP contribution in [0.5, 0.6) is 17.2 Å². The van der Waals surface area contributed by atoms with Gasteiger partial charge >= 0.3 is 25.2 Å². The molecule has 0 spiro atoms. The summed E-state index contributed by atoms with van der Waals surface area (Å²) < 4.78 is 207. The molecule has 1 aromatic heterocycles. The summed E-state index contributed by atoms with van der Waals surface area (Å²) >= 11 is 0. The molecule has 2 saturated heterocycles. The molecule has 0 saturated carbocycles. The number of alkyl halides is 9. The number of rotatable bonds is 14. The molecule has 1 amide bonds. The summed E-state index contributed by atoms with van der Waals surface area (Å²) in [7, 11) is -12.7. The summed E-state index contributed by atoms with van der Waals surface area (Å²) in [5.74, 6) is -0.938. The van der Waals surface area contributed by atoms with Gasteiger partial charge in [0, 0.05) is 50.9 Å². The lowest BCUT2D eigenvalue weighted by molar-refractivity contribution is -0.275. The third-order valence-electron chi connectivity index (χ3n) is 9.23. The maximum absolute atomic E-state index is 12.9. The number of hydrogen-bond acceptors (Lipinski definition) is 17. The first-order chi connectivity index (χ1) is 32.0. The molecular formula is C38H32F9N5O12S5. The van der Waals surface area contributed by atoms with Gasteiger partial charge in [0.2, 0.25) is 39.5 Å². The summed E-state index contributed by atoms with van der Waals surface area (Å²) in [5.41, 5.74) is 1.41. The largest absolute Gasteiger partial charge is 0.573 e. The highest BCUT2D eigenvalue weighted by Crippen LogP contribution is 2.42. The summed E-state index contributed by atoms with van der Waals surface area (Å²) in [6, 6.07) is 17.3. The van der Waals surface area contributed by atoms with Crippen molar-refractivity contribution in [2.24, 2.45) is 0 Å². The summed E-state index contributed by atoms with van der Waals surface area (Å²) in [6.45, 7) is 3.64. The number of aryl methyl sites for hydroxylation is 1. The van der Waals surface area contributed by atoms with Gasteiger partial charge in [-0.1, -0.05) is 5.16 Å². The van der Waals surface area contributed by atoms with Crippen LogP contribution in [0.1, 0.15) is 5.89 Å². The minimum absolute atomic E-state index is 0.107. The number of ether oxygens (including phenoxy) is 4. The van der Waals surface area contributed by atoms with Crippen LogP contribution in [0.25, 0.3) is 11.4 Å². The number of aromatic nitrogens is 2. The Morgan fingerprint density at radius 2 is 1.04 bits per heavy atom. The van der Waals surface area contributed by atoms with Crippen LogP contribution in [0, 0.1) is 6.92 Å². The minimum Gasteiger partial charge on any atom is -0.443 e. The van der Waals surface area contributed by atoms with Gasteiger partial charge in [-0.3, -0.25) is 9.80 Å².